The molecule has 0 aliphatic carbocycles. The molecule has 3 aromatic rings. The van der Waals surface area contributed by atoms with Crippen molar-refractivity contribution in [1.29, 1.82) is 0 Å². The zero-order chi connectivity index (χ0) is 15.4. The number of nitrogens with zero attached hydrogens (tertiary/aromatic N) is 3. The van der Waals surface area contributed by atoms with Crippen molar-refractivity contribution >= 4 is 28.6 Å². The summed E-state index contributed by atoms with van der Waals surface area (Å²) in [4.78, 5) is 12.1. The average molecular weight is 406 g/mol. The number of halogens is 1. The van der Waals surface area contributed by atoms with E-state index in [2.05, 4.69) is 43.2 Å². The van der Waals surface area contributed by atoms with Gasteiger partial charge in [0.2, 0.25) is 5.82 Å². The zero-order valence-corrected chi connectivity index (χ0v) is 13.5. The Morgan fingerprint density at radius 2 is 1.91 bits per heavy atom. The first-order valence-electron chi connectivity index (χ1n) is 6.48. The molecule has 22 heavy (non-hydrogen) atoms. The lowest BCUT2D eigenvalue weighted by atomic mass is 10.1. The molecule has 0 atom stereocenters. The second-order valence-corrected chi connectivity index (χ2v) is 5.64. The predicted octanol–water partition coefficient (Wildman–Crippen LogP) is 2.83. The molecule has 0 aliphatic rings. The lowest BCUT2D eigenvalue weighted by Crippen LogP contribution is -2.06. The minimum absolute atomic E-state index is 0.255. The number of H-pyrrole nitrogens is 1. The Morgan fingerprint density at radius 1 is 1.14 bits per heavy atom. The number of aromatic amines is 1. The minimum atomic E-state index is -0.362. The molecule has 0 aliphatic heterocycles. The number of rotatable bonds is 4. The van der Waals surface area contributed by atoms with Crippen LogP contribution in [0.15, 0.2) is 48.5 Å². The van der Waals surface area contributed by atoms with Gasteiger partial charge in [-0.3, -0.25) is 0 Å². The van der Waals surface area contributed by atoms with Crippen LogP contribution in [-0.2, 0) is 11.3 Å². The Hall–Kier alpha value is -2.29. The quantitative estimate of drug-likeness (QED) is 0.533. The molecule has 0 saturated carbocycles. The molecule has 0 spiro atoms. The normalized spacial score (nSPS) is 10.4. The number of ether oxygens (including phenoxy) is 1. The maximum atomic E-state index is 12.1. The summed E-state index contributed by atoms with van der Waals surface area (Å²) >= 11 is 2.22. The van der Waals surface area contributed by atoms with Crippen LogP contribution in [0.25, 0.3) is 11.4 Å². The van der Waals surface area contributed by atoms with Crippen LogP contribution in [0.2, 0.25) is 0 Å². The maximum Gasteiger partial charge on any atom is 0.338 e. The fourth-order valence-corrected chi connectivity index (χ4v) is 2.42. The average Bonchev–Trinajstić information content (AvgIpc) is 3.08. The van der Waals surface area contributed by atoms with Crippen molar-refractivity contribution in [3.8, 4) is 11.4 Å². The SMILES string of the molecule is O=C(OCc1ccccc1I)c1ccc(-c2nn[nH]n2)cc1. The van der Waals surface area contributed by atoms with Gasteiger partial charge in [-0.25, -0.2) is 4.79 Å². The third kappa shape index (κ3) is 3.30. The van der Waals surface area contributed by atoms with Crippen molar-refractivity contribution in [2.75, 3.05) is 0 Å². The van der Waals surface area contributed by atoms with Gasteiger partial charge in [-0.1, -0.05) is 30.3 Å². The van der Waals surface area contributed by atoms with E-state index in [1.54, 1.807) is 24.3 Å². The third-order valence-corrected chi connectivity index (χ3v) is 4.09. The Balaban J connectivity index is 1.67. The molecule has 0 radical (unpaired) electrons. The molecule has 0 bridgehead atoms. The Bertz CT molecular complexity index is 773. The lowest BCUT2D eigenvalue weighted by molar-refractivity contribution is 0.0472. The minimum Gasteiger partial charge on any atom is -0.457 e. The molecule has 1 N–H and O–H groups in total. The highest BCUT2D eigenvalue weighted by atomic mass is 127. The molecule has 0 saturated heterocycles. The van der Waals surface area contributed by atoms with Crippen LogP contribution in [0.1, 0.15) is 15.9 Å². The van der Waals surface area contributed by atoms with Crippen LogP contribution in [0.4, 0.5) is 0 Å². The number of esters is 1. The highest BCUT2D eigenvalue weighted by Gasteiger charge is 2.10. The van der Waals surface area contributed by atoms with Crippen LogP contribution in [0.5, 0.6) is 0 Å². The number of hydrogen-bond donors (Lipinski definition) is 1. The van der Waals surface area contributed by atoms with Crippen molar-refractivity contribution in [1.82, 2.24) is 20.6 Å². The summed E-state index contributed by atoms with van der Waals surface area (Å²) in [6.45, 7) is 0.255. The van der Waals surface area contributed by atoms with E-state index in [0.29, 0.717) is 11.4 Å². The van der Waals surface area contributed by atoms with E-state index in [-0.39, 0.29) is 12.6 Å². The van der Waals surface area contributed by atoms with Gasteiger partial charge in [0.25, 0.3) is 0 Å². The van der Waals surface area contributed by atoms with Crippen molar-refractivity contribution in [3.63, 3.8) is 0 Å². The lowest BCUT2D eigenvalue weighted by Gasteiger charge is -2.07. The van der Waals surface area contributed by atoms with E-state index in [0.717, 1.165) is 14.7 Å². The van der Waals surface area contributed by atoms with Gasteiger partial charge in [0, 0.05) is 14.7 Å². The molecule has 7 heteroatoms. The van der Waals surface area contributed by atoms with Gasteiger partial charge in [0.15, 0.2) is 0 Å². The molecule has 0 amide bonds. The van der Waals surface area contributed by atoms with Gasteiger partial charge < -0.3 is 4.74 Å². The van der Waals surface area contributed by atoms with Gasteiger partial charge in [0.1, 0.15) is 6.61 Å². The molecule has 2 aromatic carbocycles. The van der Waals surface area contributed by atoms with E-state index < -0.39 is 0 Å². The molecule has 1 heterocycles. The second kappa shape index (κ2) is 6.65. The summed E-state index contributed by atoms with van der Waals surface area (Å²) in [6.07, 6.45) is 0. The number of nitrogens with one attached hydrogen (secondary N) is 1. The van der Waals surface area contributed by atoms with Crippen molar-refractivity contribution in [2.24, 2.45) is 0 Å². The largest absolute Gasteiger partial charge is 0.457 e. The van der Waals surface area contributed by atoms with Crippen LogP contribution < -0.4 is 0 Å². The van der Waals surface area contributed by atoms with Crippen molar-refractivity contribution in [2.45, 2.75) is 6.61 Å². The highest BCUT2D eigenvalue weighted by Crippen LogP contribution is 2.16. The Labute approximate surface area is 140 Å². The zero-order valence-electron chi connectivity index (χ0n) is 11.4. The predicted molar refractivity (Wildman–Crippen MR) is 87.9 cm³/mol. The Kier molecular flexibility index (Phi) is 4.42. The molecule has 6 nitrogen and oxygen atoms in total. The molecular formula is C15H11IN4O2. The van der Waals surface area contributed by atoms with Gasteiger partial charge in [0.05, 0.1) is 5.56 Å². The summed E-state index contributed by atoms with van der Waals surface area (Å²) in [6, 6.07) is 14.7. The van der Waals surface area contributed by atoms with E-state index in [4.69, 9.17) is 4.74 Å². The smallest absolute Gasteiger partial charge is 0.338 e. The van der Waals surface area contributed by atoms with Crippen LogP contribution >= 0.6 is 22.6 Å². The number of carbonyl (C=O) groups is 1. The van der Waals surface area contributed by atoms with Crippen molar-refractivity contribution < 1.29 is 9.53 Å². The summed E-state index contributed by atoms with van der Waals surface area (Å²) < 4.78 is 6.40. The van der Waals surface area contributed by atoms with Gasteiger partial charge in [-0.15, -0.1) is 10.2 Å². The van der Waals surface area contributed by atoms with Gasteiger partial charge in [-0.05, 0) is 46.0 Å². The number of carbonyl (C=O) groups excluding carboxylic acids is 1. The van der Waals surface area contributed by atoms with E-state index >= 15 is 0 Å². The fourth-order valence-electron chi connectivity index (χ4n) is 1.88. The van der Waals surface area contributed by atoms with E-state index in [1.807, 2.05) is 24.3 Å². The summed E-state index contributed by atoms with van der Waals surface area (Å²) in [7, 11) is 0. The van der Waals surface area contributed by atoms with Crippen LogP contribution in [-0.4, -0.2) is 26.6 Å². The summed E-state index contributed by atoms with van der Waals surface area (Å²) in [5.74, 6) is 0.123. The van der Waals surface area contributed by atoms with Gasteiger partial charge >= 0.3 is 5.97 Å². The maximum absolute atomic E-state index is 12.1. The first-order valence-corrected chi connectivity index (χ1v) is 7.56. The number of hydrogen-bond acceptors (Lipinski definition) is 5. The molecule has 3 rings (SSSR count). The Morgan fingerprint density at radius 3 is 2.59 bits per heavy atom. The fraction of sp³-hybridized carbons (Fsp3) is 0.0667. The van der Waals surface area contributed by atoms with E-state index in [1.165, 1.54) is 0 Å². The van der Waals surface area contributed by atoms with E-state index in [9.17, 15) is 4.79 Å². The molecule has 0 unspecified atom stereocenters. The topological polar surface area (TPSA) is 80.8 Å². The number of aromatic nitrogens is 4. The van der Waals surface area contributed by atoms with Gasteiger partial charge in [-0.2, -0.15) is 5.21 Å². The van der Waals surface area contributed by atoms with Crippen LogP contribution in [0, 0.1) is 3.57 Å². The first kappa shape index (κ1) is 14.6. The van der Waals surface area contributed by atoms with Crippen LogP contribution in [0.3, 0.4) is 0 Å². The summed E-state index contributed by atoms with van der Waals surface area (Å²) in [5.41, 5.74) is 2.25. The molecule has 1 aromatic heterocycles. The highest BCUT2D eigenvalue weighted by molar-refractivity contribution is 14.1. The monoisotopic (exact) mass is 406 g/mol. The number of benzene rings is 2. The van der Waals surface area contributed by atoms with Crippen molar-refractivity contribution in [3.05, 3.63) is 63.2 Å². The first-order chi connectivity index (χ1) is 10.7. The third-order valence-electron chi connectivity index (χ3n) is 3.04. The molecular weight excluding hydrogens is 395 g/mol. The number of tetrazole rings is 1. The second-order valence-electron chi connectivity index (χ2n) is 4.48. The molecule has 110 valence electrons. The molecule has 0 fully saturated rings. The standard InChI is InChI=1S/C15H11IN4O2/c16-13-4-2-1-3-12(13)9-22-15(21)11-7-5-10(6-8-11)14-17-19-20-18-14/h1-8H,9H2,(H,17,18,19,20). The summed E-state index contributed by atoms with van der Waals surface area (Å²) in [5, 5.41) is 13.7.